The molecule has 2 atom stereocenters. The highest BCUT2D eigenvalue weighted by molar-refractivity contribution is 7.95. The van der Waals surface area contributed by atoms with Gasteiger partial charge in [0.25, 0.3) is 0 Å². The summed E-state index contributed by atoms with van der Waals surface area (Å²) in [5, 5.41) is 9.98. The smallest absolute Gasteiger partial charge is 0.124 e. The lowest BCUT2D eigenvalue weighted by molar-refractivity contribution is -0.108. The summed E-state index contributed by atoms with van der Waals surface area (Å²) in [5.74, 6) is 1.67. The van der Waals surface area contributed by atoms with E-state index in [2.05, 4.69) is 53.6 Å². The molecule has 0 saturated carbocycles. The molecule has 0 radical (unpaired) electrons. The van der Waals surface area contributed by atoms with Crippen LogP contribution in [0.3, 0.4) is 0 Å². The van der Waals surface area contributed by atoms with E-state index >= 15 is 0 Å². The second-order valence-corrected chi connectivity index (χ2v) is 11.7. The van der Waals surface area contributed by atoms with Gasteiger partial charge in [-0.25, -0.2) is 4.72 Å². The molecule has 6 nitrogen and oxygen atoms in total. The Balaban J connectivity index is 1.50. The third-order valence-electron chi connectivity index (χ3n) is 7.17. The van der Waals surface area contributed by atoms with Gasteiger partial charge < -0.3 is 19.4 Å². The monoisotopic (exact) mass is 548 g/mol. The van der Waals surface area contributed by atoms with Gasteiger partial charge >= 0.3 is 0 Å². The van der Waals surface area contributed by atoms with Crippen molar-refractivity contribution in [2.45, 2.75) is 71.1 Å². The maximum absolute atomic E-state index is 11.1. The summed E-state index contributed by atoms with van der Waals surface area (Å²) < 4.78 is 18.7. The molecule has 1 aliphatic rings. The highest BCUT2D eigenvalue weighted by Crippen LogP contribution is 2.42. The van der Waals surface area contributed by atoms with Gasteiger partial charge in [-0.1, -0.05) is 30.3 Å². The van der Waals surface area contributed by atoms with Gasteiger partial charge in [0, 0.05) is 31.0 Å². The maximum Gasteiger partial charge on any atom is 0.124 e. The van der Waals surface area contributed by atoms with E-state index in [-0.39, 0.29) is 12.1 Å². The van der Waals surface area contributed by atoms with Gasteiger partial charge in [-0.3, -0.25) is 4.72 Å². The number of fused-ring (bicyclic) bond motifs is 1. The van der Waals surface area contributed by atoms with Gasteiger partial charge in [0.05, 0.1) is 12.2 Å². The molecule has 0 spiro atoms. The van der Waals surface area contributed by atoms with Crippen LogP contribution in [0, 0.1) is 13.8 Å². The number of aldehydes is 1. The van der Waals surface area contributed by atoms with Crippen molar-refractivity contribution in [3.05, 3.63) is 82.4 Å². The average Bonchev–Trinajstić information content (AvgIpc) is 3.29. The molecule has 0 bridgehead atoms. The molecule has 4 rings (SSSR count). The Hall–Kier alpha value is -2.84. The minimum Gasteiger partial charge on any atom is -0.493 e. The van der Waals surface area contributed by atoms with E-state index in [1.165, 1.54) is 45.5 Å². The normalized spacial score (nSPS) is 15.6. The van der Waals surface area contributed by atoms with Crippen molar-refractivity contribution in [2.75, 3.05) is 13.7 Å². The molecule has 0 amide bonds. The number of rotatable bonds is 13. The maximum atomic E-state index is 11.1. The number of hydrogen-bond acceptors (Lipinski definition) is 7. The Labute approximate surface area is 236 Å². The van der Waals surface area contributed by atoms with Crippen molar-refractivity contribution < 1.29 is 19.4 Å². The molecule has 7 heteroatoms. The van der Waals surface area contributed by atoms with Gasteiger partial charge in [-0.15, -0.1) is 0 Å². The fourth-order valence-electron chi connectivity index (χ4n) is 5.25. The van der Waals surface area contributed by atoms with E-state index in [9.17, 15) is 9.90 Å². The first-order valence-corrected chi connectivity index (χ1v) is 14.4. The highest BCUT2D eigenvalue weighted by Gasteiger charge is 2.27. The van der Waals surface area contributed by atoms with E-state index in [1.54, 1.807) is 13.8 Å². The van der Waals surface area contributed by atoms with E-state index in [1.807, 2.05) is 31.3 Å². The zero-order valence-corrected chi connectivity index (χ0v) is 24.4. The topological polar surface area (TPSA) is 79.8 Å². The summed E-state index contributed by atoms with van der Waals surface area (Å²) in [5.41, 5.74) is 7.76. The number of carbonyl (C=O) groups is 1. The van der Waals surface area contributed by atoms with Crippen LogP contribution in [0.25, 0.3) is 11.1 Å². The summed E-state index contributed by atoms with van der Waals surface area (Å²) in [7, 11) is 1.84. The average molecular weight is 549 g/mol. The van der Waals surface area contributed by atoms with Crippen molar-refractivity contribution in [1.29, 1.82) is 0 Å². The third kappa shape index (κ3) is 7.42. The van der Waals surface area contributed by atoms with Gasteiger partial charge in [0.2, 0.25) is 0 Å². The lowest BCUT2D eigenvalue weighted by Gasteiger charge is -2.20. The second kappa shape index (κ2) is 13.0. The van der Waals surface area contributed by atoms with Gasteiger partial charge in [-0.2, -0.15) is 0 Å². The summed E-state index contributed by atoms with van der Waals surface area (Å²) in [4.78, 5) is 11.1. The first-order valence-electron chi connectivity index (χ1n) is 13.6. The van der Waals surface area contributed by atoms with Crippen molar-refractivity contribution >= 4 is 18.4 Å². The van der Waals surface area contributed by atoms with Crippen LogP contribution in [0.15, 0.2) is 54.6 Å². The van der Waals surface area contributed by atoms with E-state index < -0.39 is 5.60 Å². The number of benzene rings is 3. The van der Waals surface area contributed by atoms with Crippen LogP contribution in [-0.2, 0) is 11.2 Å². The van der Waals surface area contributed by atoms with E-state index in [0.29, 0.717) is 19.4 Å². The first-order chi connectivity index (χ1) is 18.7. The molecule has 0 fully saturated rings. The molecule has 0 heterocycles. The number of nitrogens with one attached hydrogen (secondary N) is 2. The molecule has 1 aliphatic carbocycles. The standard InChI is InChI=1S/C32H40N2O4S/c1-21-19-25(37-18-16-32(3,4)36)20-22(2)31(21)28-8-6-7-27-26(28)13-14-30(27)38-24-11-9-23(10-12-24)29(15-17-35)34-39-33-5/h6-12,17,19-20,29-30,33-34,36H,13-16,18H2,1-5H3. The summed E-state index contributed by atoms with van der Waals surface area (Å²) >= 11 is 1.37. The summed E-state index contributed by atoms with van der Waals surface area (Å²) in [6, 6.07) is 18.7. The van der Waals surface area contributed by atoms with Crippen molar-refractivity contribution in [3.8, 4) is 22.6 Å². The Kier molecular flexibility index (Phi) is 9.72. The molecule has 0 aliphatic heterocycles. The lowest BCUT2D eigenvalue weighted by Crippen LogP contribution is -2.21. The molecule has 3 N–H and O–H groups in total. The molecule has 0 saturated heterocycles. The largest absolute Gasteiger partial charge is 0.493 e. The van der Waals surface area contributed by atoms with Crippen LogP contribution < -0.4 is 18.9 Å². The van der Waals surface area contributed by atoms with Gasteiger partial charge in [0.1, 0.15) is 23.9 Å². The molecule has 208 valence electrons. The Morgan fingerprint density at radius 3 is 2.46 bits per heavy atom. The number of aliphatic hydroxyl groups is 1. The number of hydrogen-bond donors (Lipinski definition) is 3. The Bertz CT molecular complexity index is 1250. The van der Waals surface area contributed by atoms with Gasteiger partial charge in [0.15, 0.2) is 0 Å². The van der Waals surface area contributed by atoms with E-state index in [4.69, 9.17) is 9.47 Å². The lowest BCUT2D eigenvalue weighted by atomic mass is 9.90. The van der Waals surface area contributed by atoms with E-state index in [0.717, 1.165) is 36.2 Å². The molecule has 0 aromatic heterocycles. The quantitative estimate of drug-likeness (QED) is 0.164. The first kappa shape index (κ1) is 29.2. The zero-order valence-electron chi connectivity index (χ0n) is 23.5. The molecule has 39 heavy (non-hydrogen) atoms. The molecule has 3 aromatic carbocycles. The van der Waals surface area contributed by atoms with Crippen LogP contribution in [0.2, 0.25) is 0 Å². The van der Waals surface area contributed by atoms with Crippen LogP contribution in [0.5, 0.6) is 11.5 Å². The zero-order chi connectivity index (χ0) is 28.0. The fourth-order valence-corrected chi connectivity index (χ4v) is 5.74. The number of ether oxygens (including phenoxy) is 2. The van der Waals surface area contributed by atoms with Crippen LogP contribution in [-0.4, -0.2) is 30.6 Å². The minimum atomic E-state index is -0.739. The molecule has 2 unspecified atom stereocenters. The van der Waals surface area contributed by atoms with Crippen LogP contribution in [0.1, 0.15) is 73.1 Å². The molecule has 3 aromatic rings. The second-order valence-electron chi connectivity index (χ2n) is 10.8. The molecular weight excluding hydrogens is 508 g/mol. The predicted octanol–water partition coefficient (Wildman–Crippen LogP) is 6.58. The molecular formula is C32H40N2O4S. The Morgan fingerprint density at radius 2 is 1.82 bits per heavy atom. The number of carbonyl (C=O) groups excluding carboxylic acids is 1. The van der Waals surface area contributed by atoms with Gasteiger partial charge in [-0.05, 0) is 111 Å². The Morgan fingerprint density at radius 1 is 1.10 bits per heavy atom. The fraction of sp³-hybridized carbons (Fsp3) is 0.406. The predicted molar refractivity (Wildman–Crippen MR) is 159 cm³/mol. The summed E-state index contributed by atoms with van der Waals surface area (Å²) in [6.45, 7) is 8.35. The third-order valence-corrected chi connectivity index (χ3v) is 7.78. The number of aryl methyl sites for hydroxylation is 2. The summed E-state index contributed by atoms with van der Waals surface area (Å²) in [6.07, 6.45) is 3.81. The van der Waals surface area contributed by atoms with Crippen LogP contribution >= 0.6 is 12.1 Å². The van der Waals surface area contributed by atoms with Crippen molar-refractivity contribution in [2.24, 2.45) is 0 Å². The van der Waals surface area contributed by atoms with Crippen molar-refractivity contribution in [3.63, 3.8) is 0 Å². The minimum absolute atomic E-state index is 0.000371. The highest BCUT2D eigenvalue weighted by atomic mass is 32.2. The SMILES string of the molecule is CNSNC(CC=O)c1ccc(OC2CCc3c(-c4c(C)cc(OCCC(C)(C)O)cc4C)cccc32)cc1. The van der Waals surface area contributed by atoms with Crippen LogP contribution in [0.4, 0.5) is 0 Å². The van der Waals surface area contributed by atoms with Crippen molar-refractivity contribution in [1.82, 2.24) is 9.44 Å².